The van der Waals surface area contributed by atoms with E-state index >= 15 is 0 Å². The third-order valence-electron chi connectivity index (χ3n) is 11.3. The standard InChI is InChI=1S/C29H55N7O3/c1-29(2,3)17-6-7-20-21(13-17)34-23(33-20)8-5-16-11-18(12-16)35(4)14-22-24(37)25(38)28(39-22)36-10-9-19-26(30)31-15-32-27(19)36/h16-28,31-34,37-38H,5-15,30H2,1-4H3/t16?,17?,18?,19?,20?,21?,22-,23?,24-,25-,26?,27?,28-/m1/s1. The van der Waals surface area contributed by atoms with Crippen molar-refractivity contribution in [3.05, 3.63) is 0 Å². The average molecular weight is 550 g/mol. The number of aliphatic hydroxyl groups is 2. The van der Waals surface area contributed by atoms with E-state index in [1.165, 1.54) is 44.9 Å². The van der Waals surface area contributed by atoms with Gasteiger partial charge in [0.2, 0.25) is 0 Å². The number of likely N-dealkylation sites (N-methyl/N-ethyl adjacent to an activating group) is 1. The zero-order valence-corrected chi connectivity index (χ0v) is 24.6. The maximum atomic E-state index is 10.9. The molecule has 6 rings (SSSR count). The highest BCUT2D eigenvalue weighted by atomic mass is 16.6. The first-order valence-electron chi connectivity index (χ1n) is 15.8. The fourth-order valence-electron chi connectivity index (χ4n) is 8.56. The summed E-state index contributed by atoms with van der Waals surface area (Å²) >= 11 is 0. The predicted octanol–water partition coefficient (Wildman–Crippen LogP) is 0.109. The van der Waals surface area contributed by atoms with Crippen LogP contribution < -0.4 is 27.0 Å². The Kier molecular flexibility index (Phi) is 8.36. The molecule has 0 spiro atoms. The van der Waals surface area contributed by atoms with Crippen LogP contribution in [-0.2, 0) is 4.74 Å². The van der Waals surface area contributed by atoms with Crippen LogP contribution in [0.2, 0.25) is 0 Å². The van der Waals surface area contributed by atoms with Crippen LogP contribution in [0.5, 0.6) is 0 Å². The molecule has 2 saturated carbocycles. The summed E-state index contributed by atoms with van der Waals surface area (Å²) in [6.45, 7) is 9.28. The van der Waals surface area contributed by atoms with Gasteiger partial charge in [-0.1, -0.05) is 20.8 Å². The number of fused-ring (bicyclic) bond motifs is 2. The van der Waals surface area contributed by atoms with Crippen LogP contribution in [-0.4, -0.2) is 108 Å². The van der Waals surface area contributed by atoms with E-state index in [1.807, 2.05) is 0 Å². The quantitative estimate of drug-likeness (QED) is 0.235. The van der Waals surface area contributed by atoms with E-state index in [0.717, 1.165) is 24.8 Å². The largest absolute Gasteiger partial charge is 0.387 e. The van der Waals surface area contributed by atoms with Crippen LogP contribution >= 0.6 is 0 Å². The van der Waals surface area contributed by atoms with Crippen molar-refractivity contribution in [3.8, 4) is 0 Å². The first kappa shape index (κ1) is 28.7. The predicted molar refractivity (Wildman–Crippen MR) is 151 cm³/mol. The van der Waals surface area contributed by atoms with Gasteiger partial charge in [0.05, 0.1) is 18.5 Å². The molecule has 4 aliphatic heterocycles. The lowest BCUT2D eigenvalue weighted by Gasteiger charge is -2.42. The third kappa shape index (κ3) is 5.81. The molecule has 0 aromatic carbocycles. The lowest BCUT2D eigenvalue weighted by molar-refractivity contribution is -0.111. The number of nitrogens with zero attached hydrogens (tertiary/aromatic N) is 2. The molecule has 10 heteroatoms. The minimum atomic E-state index is -0.905. The topological polar surface area (TPSA) is 130 Å². The van der Waals surface area contributed by atoms with Crippen molar-refractivity contribution in [3.63, 3.8) is 0 Å². The van der Waals surface area contributed by atoms with Crippen LogP contribution in [0, 0.1) is 23.2 Å². The lowest BCUT2D eigenvalue weighted by Crippen LogP contribution is -2.64. The van der Waals surface area contributed by atoms with Crippen LogP contribution in [0.15, 0.2) is 0 Å². The van der Waals surface area contributed by atoms with Crippen LogP contribution in [0.4, 0.5) is 0 Å². The number of ether oxygens (including phenoxy) is 1. The fourth-order valence-corrected chi connectivity index (χ4v) is 8.56. The molecule has 0 bridgehead atoms. The van der Waals surface area contributed by atoms with Crippen molar-refractivity contribution in [2.45, 2.75) is 133 Å². The van der Waals surface area contributed by atoms with Crippen molar-refractivity contribution < 1.29 is 14.9 Å². The molecule has 0 aromatic rings. The van der Waals surface area contributed by atoms with Crippen LogP contribution in [0.25, 0.3) is 0 Å². The number of nitrogens with two attached hydrogens (primary N) is 1. The normalized spacial score (nSPS) is 48.8. The Morgan fingerprint density at radius 1 is 0.974 bits per heavy atom. The van der Waals surface area contributed by atoms with Gasteiger partial charge in [0.1, 0.15) is 24.5 Å². The molecule has 4 saturated heterocycles. The van der Waals surface area contributed by atoms with Gasteiger partial charge in [-0.15, -0.1) is 0 Å². The maximum absolute atomic E-state index is 10.9. The zero-order chi connectivity index (χ0) is 27.5. The zero-order valence-electron chi connectivity index (χ0n) is 24.6. The van der Waals surface area contributed by atoms with Crippen molar-refractivity contribution in [2.75, 3.05) is 26.8 Å². The minimum absolute atomic E-state index is 0.0524. The van der Waals surface area contributed by atoms with Gasteiger partial charge < -0.3 is 25.6 Å². The molecular weight excluding hydrogens is 494 g/mol. The van der Waals surface area contributed by atoms with Gasteiger partial charge in [0, 0.05) is 43.8 Å². The lowest BCUT2D eigenvalue weighted by atomic mass is 9.70. The summed E-state index contributed by atoms with van der Waals surface area (Å²) in [6.07, 6.45) is 7.64. The van der Waals surface area contributed by atoms with Gasteiger partial charge >= 0.3 is 0 Å². The molecule has 7 unspecified atom stereocenters. The van der Waals surface area contributed by atoms with Gasteiger partial charge in [0.15, 0.2) is 0 Å². The summed E-state index contributed by atoms with van der Waals surface area (Å²) in [5.74, 6) is 1.87. The van der Waals surface area contributed by atoms with E-state index < -0.39 is 18.4 Å². The van der Waals surface area contributed by atoms with Gasteiger partial charge in [-0.3, -0.25) is 26.2 Å². The first-order valence-corrected chi connectivity index (χ1v) is 15.8. The summed E-state index contributed by atoms with van der Waals surface area (Å²) in [5, 5.41) is 36.3. The van der Waals surface area contributed by atoms with E-state index in [1.54, 1.807) is 0 Å². The molecule has 0 amide bonds. The fraction of sp³-hybridized carbons (Fsp3) is 1.00. The van der Waals surface area contributed by atoms with E-state index in [-0.39, 0.29) is 24.4 Å². The number of nitrogens with one attached hydrogen (secondary N) is 4. The molecule has 11 atom stereocenters. The smallest absolute Gasteiger partial charge is 0.141 e. The van der Waals surface area contributed by atoms with Crippen LogP contribution in [0.3, 0.4) is 0 Å². The first-order chi connectivity index (χ1) is 18.6. The summed E-state index contributed by atoms with van der Waals surface area (Å²) in [6, 6.07) is 1.82. The molecular formula is C29H55N7O3. The second-order valence-corrected chi connectivity index (χ2v) is 14.8. The van der Waals surface area contributed by atoms with Crippen LogP contribution in [0.1, 0.15) is 72.1 Å². The van der Waals surface area contributed by atoms with Crippen molar-refractivity contribution >= 4 is 0 Å². The second kappa shape index (κ2) is 11.4. The van der Waals surface area contributed by atoms with Gasteiger partial charge in [0.25, 0.3) is 0 Å². The van der Waals surface area contributed by atoms with E-state index in [9.17, 15) is 10.2 Å². The van der Waals surface area contributed by atoms with E-state index in [2.05, 4.69) is 58.9 Å². The summed E-state index contributed by atoms with van der Waals surface area (Å²) in [5.41, 5.74) is 6.67. The molecule has 39 heavy (non-hydrogen) atoms. The Hall–Kier alpha value is -0.400. The molecule has 6 fully saturated rings. The number of hydrogen-bond acceptors (Lipinski definition) is 10. The van der Waals surface area contributed by atoms with E-state index in [0.29, 0.717) is 42.9 Å². The Labute approximate surface area is 235 Å². The van der Waals surface area contributed by atoms with Crippen molar-refractivity contribution in [1.82, 2.24) is 31.1 Å². The Bertz CT molecular complexity index is 838. The Morgan fingerprint density at radius 2 is 1.74 bits per heavy atom. The highest BCUT2D eigenvalue weighted by Gasteiger charge is 2.52. The summed E-state index contributed by atoms with van der Waals surface area (Å²) in [7, 11) is 2.15. The van der Waals surface area contributed by atoms with Gasteiger partial charge in [-0.2, -0.15) is 0 Å². The summed E-state index contributed by atoms with van der Waals surface area (Å²) in [4.78, 5) is 4.52. The molecule has 0 radical (unpaired) electrons. The Balaban J connectivity index is 0.920. The van der Waals surface area contributed by atoms with Crippen molar-refractivity contribution in [2.24, 2.45) is 28.9 Å². The van der Waals surface area contributed by atoms with Gasteiger partial charge in [-0.25, -0.2) is 0 Å². The molecule has 8 N–H and O–H groups in total. The second-order valence-electron chi connectivity index (χ2n) is 14.8. The highest BCUT2D eigenvalue weighted by Crippen LogP contribution is 2.41. The minimum Gasteiger partial charge on any atom is -0.387 e. The maximum Gasteiger partial charge on any atom is 0.141 e. The number of aliphatic hydroxyl groups excluding tert-OH is 2. The van der Waals surface area contributed by atoms with Crippen molar-refractivity contribution in [1.29, 1.82) is 0 Å². The number of hydrogen-bond donors (Lipinski definition) is 7. The third-order valence-corrected chi connectivity index (χ3v) is 11.3. The average Bonchev–Trinajstić information content (AvgIpc) is 3.54. The van der Waals surface area contributed by atoms with Gasteiger partial charge in [-0.05, 0) is 75.7 Å². The SMILES string of the molecule is CN(C[C@H]1O[C@@H](N2CCC3C(N)NCNC32)[C@H](O)[C@@H]1O)C1CC(CCC2NC3CCC(C(C)(C)C)CC3N2)C1. The molecule has 6 aliphatic rings. The molecule has 4 heterocycles. The summed E-state index contributed by atoms with van der Waals surface area (Å²) < 4.78 is 6.33. The highest BCUT2D eigenvalue weighted by molar-refractivity contribution is 5.02. The molecule has 2 aliphatic carbocycles. The molecule has 0 aromatic heterocycles. The Morgan fingerprint density at radius 3 is 2.51 bits per heavy atom. The number of rotatable bonds is 7. The van der Waals surface area contributed by atoms with E-state index in [4.69, 9.17) is 10.5 Å². The number of likely N-dealkylation sites (tertiary alicyclic amines) is 1. The molecule has 10 nitrogen and oxygen atoms in total. The monoisotopic (exact) mass is 549 g/mol. The molecule has 224 valence electrons.